The number of anilines is 1. The van der Waals surface area contributed by atoms with Crippen LogP contribution in [-0.4, -0.2) is 25.6 Å². The van der Waals surface area contributed by atoms with Gasteiger partial charge in [-0.05, 0) is 32.0 Å². The Kier molecular flexibility index (Phi) is 5.45. The summed E-state index contributed by atoms with van der Waals surface area (Å²) in [6.07, 6.45) is 0. The van der Waals surface area contributed by atoms with Crippen LogP contribution in [0.25, 0.3) is 11.3 Å². The number of benzene rings is 1. The fourth-order valence-corrected chi connectivity index (χ4v) is 3.78. The molecule has 0 spiro atoms. The Bertz CT molecular complexity index is 1050. The van der Waals surface area contributed by atoms with Gasteiger partial charge in [-0.3, -0.25) is 19.6 Å². The van der Waals surface area contributed by atoms with Gasteiger partial charge in [-0.25, -0.2) is 4.98 Å². The van der Waals surface area contributed by atoms with Crippen molar-refractivity contribution in [3.05, 3.63) is 55.1 Å². The number of hydrogen-bond donors (Lipinski definition) is 1. The Balaban J connectivity index is 1.73. The van der Waals surface area contributed by atoms with Gasteiger partial charge in [0.15, 0.2) is 5.13 Å². The smallest absolute Gasteiger partial charge is 0.300 e. The zero-order valence-electron chi connectivity index (χ0n) is 14.2. The molecule has 1 aromatic carbocycles. The molecule has 0 bridgehead atoms. The summed E-state index contributed by atoms with van der Waals surface area (Å²) < 4.78 is 1.30. The number of carbonyl (C=O) groups excluding carboxylic acids is 1. The number of amides is 1. The minimum atomic E-state index is -0.505. The van der Waals surface area contributed by atoms with Crippen molar-refractivity contribution in [1.82, 2.24) is 14.8 Å². The SMILES string of the molecule is Cc1nn(CC(=O)Nc2nc(-c3ccc(Cl)cc3Cl)cs2)c(C)c1[N+](=O)[O-]. The summed E-state index contributed by atoms with van der Waals surface area (Å²) in [6.45, 7) is 2.93. The fourth-order valence-electron chi connectivity index (χ4n) is 2.55. The molecule has 27 heavy (non-hydrogen) atoms. The van der Waals surface area contributed by atoms with Crippen LogP contribution in [0.1, 0.15) is 11.4 Å². The normalized spacial score (nSPS) is 10.8. The quantitative estimate of drug-likeness (QED) is 0.479. The van der Waals surface area contributed by atoms with E-state index in [9.17, 15) is 14.9 Å². The van der Waals surface area contributed by atoms with Gasteiger partial charge < -0.3 is 5.32 Å². The lowest BCUT2D eigenvalue weighted by atomic mass is 10.2. The molecule has 2 aromatic heterocycles. The maximum atomic E-state index is 12.3. The Morgan fingerprint density at radius 3 is 2.74 bits per heavy atom. The van der Waals surface area contributed by atoms with Crippen molar-refractivity contribution in [2.75, 3.05) is 5.32 Å². The number of nitro groups is 1. The fraction of sp³-hybridized carbons (Fsp3) is 0.188. The average molecular weight is 426 g/mol. The summed E-state index contributed by atoms with van der Waals surface area (Å²) in [7, 11) is 0. The first-order valence-electron chi connectivity index (χ1n) is 7.65. The molecule has 11 heteroatoms. The molecule has 3 aromatic rings. The summed E-state index contributed by atoms with van der Waals surface area (Å²) in [5.74, 6) is -0.390. The van der Waals surface area contributed by atoms with Crippen molar-refractivity contribution in [3.63, 3.8) is 0 Å². The number of nitrogens with one attached hydrogen (secondary N) is 1. The van der Waals surface area contributed by atoms with Crippen LogP contribution in [0.4, 0.5) is 10.8 Å². The lowest BCUT2D eigenvalue weighted by Crippen LogP contribution is -2.20. The molecule has 3 rings (SSSR count). The van der Waals surface area contributed by atoms with Crippen LogP contribution in [0, 0.1) is 24.0 Å². The van der Waals surface area contributed by atoms with Crippen LogP contribution >= 0.6 is 34.5 Å². The molecule has 8 nitrogen and oxygen atoms in total. The maximum Gasteiger partial charge on any atom is 0.312 e. The molecule has 0 saturated heterocycles. The van der Waals surface area contributed by atoms with Crippen molar-refractivity contribution in [2.45, 2.75) is 20.4 Å². The van der Waals surface area contributed by atoms with E-state index in [1.54, 1.807) is 30.5 Å². The first kappa shape index (κ1) is 19.3. The van der Waals surface area contributed by atoms with E-state index < -0.39 is 10.8 Å². The molecule has 140 valence electrons. The van der Waals surface area contributed by atoms with Crippen LogP contribution < -0.4 is 5.32 Å². The molecule has 1 amide bonds. The molecule has 2 heterocycles. The van der Waals surface area contributed by atoms with Crippen LogP contribution in [0.5, 0.6) is 0 Å². The summed E-state index contributed by atoms with van der Waals surface area (Å²) in [5.41, 5.74) is 1.81. The minimum Gasteiger partial charge on any atom is -0.300 e. The zero-order chi connectivity index (χ0) is 19.7. The van der Waals surface area contributed by atoms with Crippen LogP contribution in [0.3, 0.4) is 0 Å². The second-order valence-electron chi connectivity index (χ2n) is 5.64. The third kappa shape index (κ3) is 4.10. The largest absolute Gasteiger partial charge is 0.312 e. The lowest BCUT2D eigenvalue weighted by molar-refractivity contribution is -0.386. The summed E-state index contributed by atoms with van der Waals surface area (Å²) in [4.78, 5) is 27.1. The standard InChI is InChI=1S/C16H13Cl2N5O3S/c1-8-15(23(25)26)9(2)22(21-8)6-14(24)20-16-19-13(7-27-16)11-4-3-10(17)5-12(11)18/h3-5,7H,6H2,1-2H3,(H,19,20,24). The third-order valence-corrected chi connectivity index (χ3v) is 5.08. The van der Waals surface area contributed by atoms with Gasteiger partial charge in [-0.15, -0.1) is 11.3 Å². The van der Waals surface area contributed by atoms with E-state index in [2.05, 4.69) is 15.4 Å². The number of thiazole rings is 1. The molecule has 0 radical (unpaired) electrons. The highest BCUT2D eigenvalue weighted by atomic mass is 35.5. The number of nitrogens with zero attached hydrogens (tertiary/aromatic N) is 4. The van der Waals surface area contributed by atoms with Gasteiger partial charge in [-0.2, -0.15) is 5.10 Å². The van der Waals surface area contributed by atoms with E-state index in [1.165, 1.54) is 22.9 Å². The highest BCUT2D eigenvalue weighted by molar-refractivity contribution is 7.14. The second kappa shape index (κ2) is 7.63. The maximum absolute atomic E-state index is 12.3. The van der Waals surface area contributed by atoms with E-state index in [4.69, 9.17) is 23.2 Å². The average Bonchev–Trinajstić information content (AvgIpc) is 3.12. The van der Waals surface area contributed by atoms with Crippen molar-refractivity contribution < 1.29 is 9.72 Å². The monoisotopic (exact) mass is 425 g/mol. The molecular formula is C16H13Cl2N5O3S. The van der Waals surface area contributed by atoms with Gasteiger partial charge >= 0.3 is 5.69 Å². The van der Waals surface area contributed by atoms with Gasteiger partial charge in [0.2, 0.25) is 5.91 Å². The minimum absolute atomic E-state index is 0.0864. The van der Waals surface area contributed by atoms with E-state index in [0.717, 1.165) is 0 Å². The van der Waals surface area contributed by atoms with Crippen LogP contribution in [0.2, 0.25) is 10.0 Å². The number of carbonyl (C=O) groups is 1. The summed E-state index contributed by atoms with van der Waals surface area (Å²) in [5, 5.41) is 20.9. The molecule has 0 unspecified atom stereocenters. The van der Waals surface area contributed by atoms with Crippen molar-refractivity contribution >= 4 is 51.3 Å². The van der Waals surface area contributed by atoms with E-state index in [-0.39, 0.29) is 17.9 Å². The number of aryl methyl sites for hydroxylation is 1. The third-order valence-electron chi connectivity index (χ3n) is 3.78. The number of rotatable bonds is 5. The van der Waals surface area contributed by atoms with E-state index in [1.807, 2.05) is 0 Å². The molecular weight excluding hydrogens is 413 g/mol. The van der Waals surface area contributed by atoms with Gasteiger partial charge in [-0.1, -0.05) is 23.2 Å². The summed E-state index contributed by atoms with van der Waals surface area (Å²) >= 11 is 13.3. The van der Waals surface area contributed by atoms with Gasteiger partial charge in [0.25, 0.3) is 0 Å². The Hall–Kier alpha value is -2.49. The molecule has 0 fully saturated rings. The van der Waals surface area contributed by atoms with Gasteiger partial charge in [0.1, 0.15) is 17.9 Å². The van der Waals surface area contributed by atoms with E-state index >= 15 is 0 Å². The predicted octanol–water partition coefficient (Wildman–Crippen LogP) is 4.48. The molecule has 0 aliphatic heterocycles. The second-order valence-corrected chi connectivity index (χ2v) is 7.35. The molecule has 1 N–H and O–H groups in total. The molecule has 0 aliphatic carbocycles. The van der Waals surface area contributed by atoms with E-state index in [0.29, 0.717) is 32.1 Å². The first-order valence-corrected chi connectivity index (χ1v) is 9.29. The Morgan fingerprint density at radius 2 is 2.11 bits per heavy atom. The Morgan fingerprint density at radius 1 is 1.37 bits per heavy atom. The predicted molar refractivity (Wildman–Crippen MR) is 105 cm³/mol. The van der Waals surface area contributed by atoms with Crippen LogP contribution in [0.15, 0.2) is 23.6 Å². The van der Waals surface area contributed by atoms with Gasteiger partial charge in [0.05, 0.1) is 15.6 Å². The molecule has 0 saturated carbocycles. The van der Waals surface area contributed by atoms with Crippen molar-refractivity contribution in [2.24, 2.45) is 0 Å². The zero-order valence-corrected chi connectivity index (χ0v) is 16.5. The van der Waals surface area contributed by atoms with Crippen molar-refractivity contribution in [1.29, 1.82) is 0 Å². The van der Waals surface area contributed by atoms with Gasteiger partial charge in [0, 0.05) is 16.0 Å². The number of halogens is 2. The number of hydrogen-bond acceptors (Lipinski definition) is 6. The molecule has 0 atom stereocenters. The lowest BCUT2D eigenvalue weighted by Gasteiger charge is -2.04. The highest BCUT2D eigenvalue weighted by Gasteiger charge is 2.23. The molecule has 0 aliphatic rings. The van der Waals surface area contributed by atoms with Crippen LogP contribution in [-0.2, 0) is 11.3 Å². The van der Waals surface area contributed by atoms with Crippen molar-refractivity contribution in [3.8, 4) is 11.3 Å². The summed E-state index contributed by atoms with van der Waals surface area (Å²) in [6, 6.07) is 5.07. The highest BCUT2D eigenvalue weighted by Crippen LogP contribution is 2.32. The Labute approximate surface area is 167 Å². The number of aromatic nitrogens is 3. The first-order chi connectivity index (χ1) is 12.8. The topological polar surface area (TPSA) is 103 Å².